The summed E-state index contributed by atoms with van der Waals surface area (Å²) in [5.41, 5.74) is 0.837. The van der Waals surface area contributed by atoms with E-state index >= 15 is 0 Å². The van der Waals surface area contributed by atoms with Gasteiger partial charge in [-0.15, -0.1) is 0 Å². The monoisotopic (exact) mass is 190 g/mol. The molecule has 0 aliphatic carbocycles. The van der Waals surface area contributed by atoms with Crippen molar-refractivity contribution in [3.8, 4) is 5.75 Å². The molecule has 70 valence electrons. The second kappa shape index (κ2) is 4.14. The molecule has 0 aliphatic heterocycles. The third-order valence-corrected chi connectivity index (χ3v) is 1.59. The SMILES string of the molecule is Cc1cc(O)cc(N=C=O)c1N=C=O. The second-order valence-corrected chi connectivity index (χ2v) is 2.54. The Bertz CT molecular complexity index is 455. The maximum atomic E-state index is 10.1. The van der Waals surface area contributed by atoms with Crippen LogP contribution in [0.5, 0.6) is 5.75 Å². The molecule has 0 fully saturated rings. The minimum atomic E-state index is -0.0543. The maximum absolute atomic E-state index is 10.1. The van der Waals surface area contributed by atoms with Gasteiger partial charge >= 0.3 is 0 Å². The van der Waals surface area contributed by atoms with Gasteiger partial charge in [0, 0.05) is 6.07 Å². The number of hydrogen-bond donors (Lipinski definition) is 1. The van der Waals surface area contributed by atoms with Gasteiger partial charge in [-0.1, -0.05) is 0 Å². The first-order chi connectivity index (χ1) is 6.69. The van der Waals surface area contributed by atoms with E-state index in [1.165, 1.54) is 24.3 Å². The van der Waals surface area contributed by atoms with Crippen LogP contribution >= 0.6 is 0 Å². The molecule has 0 aromatic heterocycles. The van der Waals surface area contributed by atoms with Crippen LogP contribution in [0.25, 0.3) is 0 Å². The predicted octanol–water partition coefficient (Wildman–Crippen LogP) is 1.64. The van der Waals surface area contributed by atoms with Crippen molar-refractivity contribution in [2.24, 2.45) is 9.98 Å². The normalized spacial score (nSPS) is 8.64. The number of phenols is 1. The maximum Gasteiger partial charge on any atom is 0.240 e. The van der Waals surface area contributed by atoms with Gasteiger partial charge in [0.05, 0.1) is 0 Å². The van der Waals surface area contributed by atoms with E-state index in [9.17, 15) is 14.7 Å². The van der Waals surface area contributed by atoms with Crippen molar-refractivity contribution in [2.75, 3.05) is 0 Å². The van der Waals surface area contributed by atoms with Crippen LogP contribution in [0.2, 0.25) is 0 Å². The summed E-state index contributed by atoms with van der Waals surface area (Å²) in [6, 6.07) is 2.62. The molecule has 0 atom stereocenters. The summed E-state index contributed by atoms with van der Waals surface area (Å²) < 4.78 is 0. The molecule has 1 aromatic rings. The highest BCUT2D eigenvalue weighted by Crippen LogP contribution is 2.34. The molecule has 5 heteroatoms. The number of nitrogens with zero attached hydrogens (tertiary/aromatic N) is 2. The molecular weight excluding hydrogens is 184 g/mol. The van der Waals surface area contributed by atoms with Crippen molar-refractivity contribution in [2.45, 2.75) is 6.92 Å². The molecule has 0 bridgehead atoms. The van der Waals surface area contributed by atoms with E-state index in [1.54, 1.807) is 6.92 Å². The van der Waals surface area contributed by atoms with Crippen LogP contribution in [0.4, 0.5) is 11.4 Å². The molecule has 0 amide bonds. The average molecular weight is 190 g/mol. The highest BCUT2D eigenvalue weighted by Gasteiger charge is 2.06. The summed E-state index contributed by atoms with van der Waals surface area (Å²) in [6.45, 7) is 1.62. The van der Waals surface area contributed by atoms with Crippen molar-refractivity contribution in [3.63, 3.8) is 0 Å². The minimum Gasteiger partial charge on any atom is -0.508 e. The Morgan fingerprint density at radius 3 is 2.43 bits per heavy atom. The van der Waals surface area contributed by atoms with E-state index in [0.29, 0.717) is 5.56 Å². The number of phenolic OH excluding ortho intramolecular Hbond substituents is 1. The van der Waals surface area contributed by atoms with E-state index in [0.717, 1.165) is 0 Å². The molecule has 14 heavy (non-hydrogen) atoms. The van der Waals surface area contributed by atoms with Gasteiger partial charge in [-0.2, -0.15) is 9.98 Å². The highest BCUT2D eigenvalue weighted by molar-refractivity contribution is 5.73. The molecule has 0 saturated heterocycles. The van der Waals surface area contributed by atoms with Crippen molar-refractivity contribution < 1.29 is 14.7 Å². The zero-order valence-corrected chi connectivity index (χ0v) is 7.31. The summed E-state index contributed by atoms with van der Waals surface area (Å²) in [4.78, 5) is 26.8. The van der Waals surface area contributed by atoms with Crippen LogP contribution in [0.1, 0.15) is 5.56 Å². The zero-order chi connectivity index (χ0) is 10.6. The number of hydrogen-bond acceptors (Lipinski definition) is 5. The first-order valence-electron chi connectivity index (χ1n) is 3.68. The lowest BCUT2D eigenvalue weighted by Crippen LogP contribution is -1.76. The molecule has 0 aliphatic rings. The van der Waals surface area contributed by atoms with E-state index in [2.05, 4.69) is 9.98 Å². The van der Waals surface area contributed by atoms with Crippen LogP contribution < -0.4 is 0 Å². The smallest absolute Gasteiger partial charge is 0.240 e. The Labute approximate surface area is 79.4 Å². The molecule has 0 spiro atoms. The molecule has 0 radical (unpaired) electrons. The average Bonchev–Trinajstić information content (AvgIpc) is 2.11. The van der Waals surface area contributed by atoms with Crippen LogP contribution in [0.15, 0.2) is 22.1 Å². The third-order valence-electron chi connectivity index (χ3n) is 1.59. The summed E-state index contributed by atoms with van der Waals surface area (Å²) in [7, 11) is 0. The summed E-state index contributed by atoms with van der Waals surface area (Å²) >= 11 is 0. The van der Waals surface area contributed by atoms with Gasteiger partial charge in [-0.3, -0.25) is 0 Å². The number of benzene rings is 1. The fourth-order valence-electron chi connectivity index (χ4n) is 1.07. The lowest BCUT2D eigenvalue weighted by atomic mass is 10.1. The number of isocyanates is 2. The molecular formula is C9H6N2O3. The van der Waals surface area contributed by atoms with E-state index in [1.807, 2.05) is 0 Å². The van der Waals surface area contributed by atoms with E-state index < -0.39 is 0 Å². The first kappa shape index (κ1) is 9.86. The Balaban J connectivity index is 3.50. The molecule has 1 N–H and O–H groups in total. The van der Waals surface area contributed by atoms with Gasteiger partial charge in [-0.25, -0.2) is 9.59 Å². The number of rotatable bonds is 2. The van der Waals surface area contributed by atoms with Gasteiger partial charge < -0.3 is 5.11 Å². The van der Waals surface area contributed by atoms with Crippen LogP contribution in [0, 0.1) is 6.92 Å². The van der Waals surface area contributed by atoms with E-state index in [-0.39, 0.29) is 17.1 Å². The van der Waals surface area contributed by atoms with Crippen molar-refractivity contribution in [1.29, 1.82) is 0 Å². The van der Waals surface area contributed by atoms with Gasteiger partial charge in [0.1, 0.15) is 17.1 Å². The number of aliphatic imine (C=N–C) groups is 2. The number of aromatic hydroxyl groups is 1. The molecule has 0 heterocycles. The van der Waals surface area contributed by atoms with Gasteiger partial charge in [0.15, 0.2) is 0 Å². The van der Waals surface area contributed by atoms with Gasteiger partial charge in [0.25, 0.3) is 0 Å². The Kier molecular flexibility index (Phi) is 2.92. The minimum absolute atomic E-state index is 0.0543. The van der Waals surface area contributed by atoms with Crippen LogP contribution in [0.3, 0.4) is 0 Å². The van der Waals surface area contributed by atoms with Crippen molar-refractivity contribution in [1.82, 2.24) is 0 Å². The van der Waals surface area contributed by atoms with Crippen molar-refractivity contribution >= 4 is 23.5 Å². The second-order valence-electron chi connectivity index (χ2n) is 2.54. The van der Waals surface area contributed by atoms with Crippen LogP contribution in [-0.4, -0.2) is 17.3 Å². The molecule has 1 rings (SSSR count). The Morgan fingerprint density at radius 2 is 1.86 bits per heavy atom. The molecule has 0 unspecified atom stereocenters. The largest absolute Gasteiger partial charge is 0.508 e. The lowest BCUT2D eigenvalue weighted by Gasteiger charge is -2.01. The quantitative estimate of drug-likeness (QED) is 0.568. The first-order valence-corrected chi connectivity index (χ1v) is 3.68. The topological polar surface area (TPSA) is 79.1 Å². The van der Waals surface area contributed by atoms with E-state index in [4.69, 9.17) is 0 Å². The molecule has 1 aromatic carbocycles. The zero-order valence-electron chi connectivity index (χ0n) is 7.31. The van der Waals surface area contributed by atoms with Gasteiger partial charge in [0.2, 0.25) is 12.2 Å². The summed E-state index contributed by atoms with van der Waals surface area (Å²) in [6.07, 6.45) is 2.66. The molecule has 5 nitrogen and oxygen atoms in total. The fraction of sp³-hybridized carbons (Fsp3) is 0.111. The van der Waals surface area contributed by atoms with Gasteiger partial charge in [-0.05, 0) is 18.6 Å². The Hall–Kier alpha value is -2.22. The van der Waals surface area contributed by atoms with Crippen molar-refractivity contribution in [3.05, 3.63) is 17.7 Å². The summed E-state index contributed by atoms with van der Waals surface area (Å²) in [5.74, 6) is -0.0543. The predicted molar refractivity (Wildman–Crippen MR) is 48.4 cm³/mol. The third kappa shape index (κ3) is 1.93. The Morgan fingerprint density at radius 1 is 1.21 bits per heavy atom. The number of aryl methyl sites for hydroxylation is 1. The number of carbonyl (C=O) groups excluding carboxylic acids is 2. The standard InChI is InChI=1S/C9H6N2O3/c1-6-2-7(14)3-8(10-4-12)9(6)11-5-13/h2-3,14H,1H3. The fourth-order valence-corrected chi connectivity index (χ4v) is 1.07. The molecule has 0 saturated carbocycles. The highest BCUT2D eigenvalue weighted by atomic mass is 16.3. The summed E-state index contributed by atoms with van der Waals surface area (Å²) in [5, 5.41) is 9.18. The lowest BCUT2D eigenvalue weighted by molar-refractivity contribution is 0.475. The van der Waals surface area contributed by atoms with Crippen LogP contribution in [-0.2, 0) is 9.59 Å².